The maximum Gasteiger partial charge on any atom is 0.416 e. The van der Waals surface area contributed by atoms with Gasteiger partial charge in [0, 0.05) is 6.54 Å². The number of tetrazole rings is 1. The summed E-state index contributed by atoms with van der Waals surface area (Å²) >= 11 is 0. The van der Waals surface area contributed by atoms with E-state index < -0.39 is 11.7 Å². The number of benzene rings is 2. The molecule has 148 valence electrons. The van der Waals surface area contributed by atoms with Crippen LogP contribution in [0.5, 0.6) is 5.75 Å². The quantitative estimate of drug-likeness (QED) is 0.550. The van der Waals surface area contributed by atoms with Crippen molar-refractivity contribution in [1.29, 1.82) is 0 Å². The van der Waals surface area contributed by atoms with Crippen LogP contribution in [0.15, 0.2) is 54.6 Å². The predicted octanol–water partition coefficient (Wildman–Crippen LogP) is 3.58. The minimum absolute atomic E-state index is 0.458. The van der Waals surface area contributed by atoms with Crippen LogP contribution in [0.1, 0.15) is 17.8 Å². The number of aromatic nitrogens is 4. The van der Waals surface area contributed by atoms with Crippen LogP contribution in [0, 0.1) is 0 Å². The molecule has 0 saturated heterocycles. The summed E-state index contributed by atoms with van der Waals surface area (Å²) in [4.78, 5) is 2.03. The number of alkyl halides is 3. The van der Waals surface area contributed by atoms with E-state index in [0.717, 1.165) is 30.8 Å². The first-order valence-corrected chi connectivity index (χ1v) is 8.75. The van der Waals surface area contributed by atoms with Gasteiger partial charge in [0.15, 0.2) is 5.82 Å². The van der Waals surface area contributed by atoms with Gasteiger partial charge in [-0.2, -0.15) is 17.9 Å². The number of hydrogen-bond donors (Lipinski definition) is 0. The summed E-state index contributed by atoms with van der Waals surface area (Å²) in [5, 5.41) is 11.5. The van der Waals surface area contributed by atoms with Crippen LogP contribution in [0.25, 0.3) is 5.69 Å². The Balaban J connectivity index is 1.53. The maximum atomic E-state index is 12.7. The average molecular weight is 391 g/mol. The second-order valence-corrected chi connectivity index (χ2v) is 6.30. The first-order valence-electron chi connectivity index (χ1n) is 8.75. The monoisotopic (exact) mass is 391 g/mol. The van der Waals surface area contributed by atoms with Gasteiger partial charge in [-0.05, 0) is 60.3 Å². The summed E-state index contributed by atoms with van der Waals surface area (Å²) in [7, 11) is 1.92. The van der Waals surface area contributed by atoms with E-state index in [2.05, 4.69) is 15.5 Å². The summed E-state index contributed by atoms with van der Waals surface area (Å²) < 4.78 is 45.2. The summed E-state index contributed by atoms with van der Waals surface area (Å²) in [5.74, 6) is 1.38. The van der Waals surface area contributed by atoms with E-state index >= 15 is 0 Å². The Hall–Kier alpha value is -2.94. The van der Waals surface area contributed by atoms with Crippen LogP contribution in [0.4, 0.5) is 13.2 Å². The topological polar surface area (TPSA) is 56.1 Å². The zero-order valence-corrected chi connectivity index (χ0v) is 15.3. The molecule has 9 heteroatoms. The molecule has 0 saturated carbocycles. The number of ether oxygens (including phenoxy) is 1. The molecule has 0 amide bonds. The average Bonchev–Trinajstić information content (AvgIpc) is 3.13. The molecule has 3 aromatic rings. The second-order valence-electron chi connectivity index (χ2n) is 6.30. The smallest absolute Gasteiger partial charge is 0.416 e. The largest absolute Gasteiger partial charge is 0.494 e. The molecule has 0 radical (unpaired) electrons. The van der Waals surface area contributed by atoms with Gasteiger partial charge in [0.2, 0.25) is 0 Å². The molecule has 0 unspecified atom stereocenters. The lowest BCUT2D eigenvalue weighted by Crippen LogP contribution is -2.23. The van der Waals surface area contributed by atoms with Gasteiger partial charge in [-0.1, -0.05) is 18.2 Å². The Labute approximate surface area is 160 Å². The predicted molar refractivity (Wildman–Crippen MR) is 97.0 cm³/mol. The van der Waals surface area contributed by atoms with E-state index in [4.69, 9.17) is 4.74 Å². The van der Waals surface area contributed by atoms with Gasteiger partial charge in [0.05, 0.1) is 24.4 Å². The van der Waals surface area contributed by atoms with Crippen LogP contribution >= 0.6 is 0 Å². The van der Waals surface area contributed by atoms with E-state index in [1.807, 2.05) is 42.3 Å². The van der Waals surface area contributed by atoms with Gasteiger partial charge in [-0.25, -0.2) is 0 Å². The highest BCUT2D eigenvalue weighted by Crippen LogP contribution is 2.29. The fraction of sp³-hybridized carbons (Fsp3) is 0.316. The molecule has 2 aromatic carbocycles. The van der Waals surface area contributed by atoms with E-state index in [-0.39, 0.29) is 0 Å². The van der Waals surface area contributed by atoms with Crippen molar-refractivity contribution in [3.05, 3.63) is 66.0 Å². The number of halogens is 3. The normalized spacial score (nSPS) is 11.8. The van der Waals surface area contributed by atoms with Crippen LogP contribution in [0.3, 0.4) is 0 Å². The van der Waals surface area contributed by atoms with Crippen LogP contribution in [-0.2, 0) is 12.7 Å². The molecule has 0 fully saturated rings. The maximum absolute atomic E-state index is 12.7. The van der Waals surface area contributed by atoms with Gasteiger partial charge >= 0.3 is 6.18 Å². The van der Waals surface area contributed by atoms with Crippen molar-refractivity contribution in [1.82, 2.24) is 25.1 Å². The van der Waals surface area contributed by atoms with Gasteiger partial charge in [-0.15, -0.1) is 5.10 Å². The van der Waals surface area contributed by atoms with Gasteiger partial charge in [0.25, 0.3) is 0 Å². The lowest BCUT2D eigenvalue weighted by atomic mass is 10.2. The molecule has 0 spiro atoms. The lowest BCUT2D eigenvalue weighted by molar-refractivity contribution is -0.137. The molecule has 28 heavy (non-hydrogen) atoms. The lowest BCUT2D eigenvalue weighted by Gasteiger charge is -2.16. The summed E-state index contributed by atoms with van der Waals surface area (Å²) in [5.41, 5.74) is -0.227. The zero-order valence-electron chi connectivity index (χ0n) is 15.3. The number of nitrogens with zero attached hydrogens (tertiary/aromatic N) is 5. The fourth-order valence-electron chi connectivity index (χ4n) is 2.66. The van der Waals surface area contributed by atoms with Crippen molar-refractivity contribution in [2.45, 2.75) is 19.1 Å². The Morgan fingerprint density at radius 1 is 1.04 bits per heavy atom. The highest BCUT2D eigenvalue weighted by atomic mass is 19.4. The highest BCUT2D eigenvalue weighted by molar-refractivity contribution is 5.35. The minimum Gasteiger partial charge on any atom is -0.494 e. The highest BCUT2D eigenvalue weighted by Gasteiger charge is 2.30. The second kappa shape index (κ2) is 8.83. The van der Waals surface area contributed by atoms with Crippen LogP contribution in [-0.4, -0.2) is 45.3 Å². The SMILES string of the molecule is CN(CCCOc1ccccc1)Cc1nnnn1-c1ccc(C(F)(F)F)cc1. The van der Waals surface area contributed by atoms with Crippen LogP contribution < -0.4 is 4.74 Å². The Morgan fingerprint density at radius 2 is 1.75 bits per heavy atom. The first-order chi connectivity index (χ1) is 13.4. The third kappa shape index (κ3) is 5.29. The molecule has 0 aliphatic rings. The Kier molecular flexibility index (Phi) is 6.25. The summed E-state index contributed by atoms with van der Waals surface area (Å²) in [6.07, 6.45) is -3.56. The van der Waals surface area contributed by atoms with Gasteiger partial charge in [-0.3, -0.25) is 4.90 Å². The zero-order chi connectivity index (χ0) is 20.0. The third-order valence-electron chi connectivity index (χ3n) is 4.08. The standard InChI is InChI=1S/C19H20F3N5O/c1-26(12-5-13-28-17-6-3-2-4-7-17)14-18-23-24-25-27(18)16-10-8-15(9-11-16)19(20,21)22/h2-4,6-11H,5,12-14H2,1H3. The molecule has 0 aliphatic carbocycles. The molecule has 3 rings (SSSR count). The van der Waals surface area contributed by atoms with Crippen molar-refractivity contribution in [2.24, 2.45) is 0 Å². The van der Waals surface area contributed by atoms with Crippen molar-refractivity contribution in [3.8, 4) is 11.4 Å². The van der Waals surface area contributed by atoms with Crippen molar-refractivity contribution in [3.63, 3.8) is 0 Å². The third-order valence-corrected chi connectivity index (χ3v) is 4.08. The van der Waals surface area contributed by atoms with Gasteiger partial charge < -0.3 is 4.74 Å². The Bertz CT molecular complexity index is 865. The number of rotatable bonds is 8. The Morgan fingerprint density at radius 3 is 2.43 bits per heavy atom. The summed E-state index contributed by atoms with van der Waals surface area (Å²) in [6.45, 7) is 1.80. The summed E-state index contributed by atoms with van der Waals surface area (Å²) in [6, 6.07) is 14.3. The molecule has 0 atom stereocenters. The van der Waals surface area contributed by atoms with Crippen LogP contribution in [0.2, 0.25) is 0 Å². The number of hydrogen-bond acceptors (Lipinski definition) is 5. The molecular weight excluding hydrogens is 371 g/mol. The van der Waals surface area contributed by atoms with E-state index in [1.54, 1.807) is 0 Å². The molecule has 0 aliphatic heterocycles. The first kappa shape index (κ1) is 19.8. The molecule has 1 heterocycles. The van der Waals surface area contributed by atoms with Crippen molar-refractivity contribution in [2.75, 3.05) is 20.2 Å². The molecule has 0 bridgehead atoms. The molecule has 6 nitrogen and oxygen atoms in total. The minimum atomic E-state index is -4.37. The van der Waals surface area contributed by atoms with E-state index in [0.29, 0.717) is 24.7 Å². The van der Waals surface area contributed by atoms with Crippen molar-refractivity contribution >= 4 is 0 Å². The van der Waals surface area contributed by atoms with E-state index in [9.17, 15) is 13.2 Å². The van der Waals surface area contributed by atoms with E-state index in [1.165, 1.54) is 16.8 Å². The van der Waals surface area contributed by atoms with Gasteiger partial charge in [0.1, 0.15) is 5.75 Å². The fourth-order valence-corrected chi connectivity index (χ4v) is 2.66. The molecule has 1 aromatic heterocycles. The molecule has 0 N–H and O–H groups in total. The number of para-hydroxylation sites is 1. The molecular formula is C19H20F3N5O. The van der Waals surface area contributed by atoms with Crippen molar-refractivity contribution < 1.29 is 17.9 Å².